The third-order valence-electron chi connectivity index (χ3n) is 7.04. The van der Waals surface area contributed by atoms with Gasteiger partial charge >= 0.3 is 0 Å². The highest BCUT2D eigenvalue weighted by Crippen LogP contribution is 2.24. The number of hydrogen-bond acceptors (Lipinski definition) is 8. The van der Waals surface area contributed by atoms with E-state index in [0.717, 1.165) is 86.4 Å². The Labute approximate surface area is 266 Å². The molecule has 3 aromatic heterocycles. The van der Waals surface area contributed by atoms with Crippen LogP contribution in [0.4, 0.5) is 0 Å². The fourth-order valence-electron chi connectivity index (χ4n) is 4.84. The monoisotopic (exact) mass is 632 g/mol. The van der Waals surface area contributed by atoms with Gasteiger partial charge in [-0.25, -0.2) is 0 Å². The van der Waals surface area contributed by atoms with Crippen LogP contribution in [0.3, 0.4) is 0 Å². The molecule has 0 unspecified atom stereocenters. The van der Waals surface area contributed by atoms with Gasteiger partial charge in [0.15, 0.2) is 0 Å². The van der Waals surface area contributed by atoms with E-state index in [2.05, 4.69) is 36.0 Å². The van der Waals surface area contributed by atoms with Gasteiger partial charge in [0.1, 0.15) is 22.9 Å². The zero-order chi connectivity index (χ0) is 26.7. The first-order chi connectivity index (χ1) is 19.2. The van der Waals surface area contributed by atoms with E-state index in [-0.39, 0.29) is 43.0 Å². The molecule has 0 saturated carbocycles. The van der Waals surface area contributed by atoms with Crippen molar-refractivity contribution >= 4 is 37.2 Å². The molecule has 226 valence electrons. The van der Waals surface area contributed by atoms with E-state index < -0.39 is 0 Å². The molecule has 1 saturated heterocycles. The Morgan fingerprint density at radius 3 is 1.98 bits per heavy atom. The number of benzene rings is 1. The molecule has 0 bridgehead atoms. The number of pyridine rings is 2. The first kappa shape index (κ1) is 35.2. The summed E-state index contributed by atoms with van der Waals surface area (Å²) in [5.74, 6) is 1.08. The molecular formula is C31H39Cl3N6O2. The van der Waals surface area contributed by atoms with Crippen LogP contribution in [-0.2, 0) is 6.54 Å². The molecule has 1 aromatic carbocycles. The number of ether oxygens (including phenoxy) is 1. The molecule has 1 N–H and O–H groups in total. The highest BCUT2D eigenvalue weighted by atomic mass is 35.5. The maximum atomic E-state index is 9.35. The second-order valence-electron chi connectivity index (χ2n) is 9.91. The number of rotatable bonds is 12. The van der Waals surface area contributed by atoms with Crippen molar-refractivity contribution in [2.45, 2.75) is 32.2 Å². The van der Waals surface area contributed by atoms with E-state index in [1.54, 1.807) is 36.7 Å². The largest absolute Gasteiger partial charge is 0.508 e. The molecule has 0 aliphatic carbocycles. The van der Waals surface area contributed by atoms with E-state index in [1.807, 2.05) is 36.4 Å². The normalized spacial score (nSPS) is 13.3. The Balaban J connectivity index is 0.00000205. The lowest BCUT2D eigenvalue weighted by Gasteiger charge is -2.35. The van der Waals surface area contributed by atoms with Gasteiger partial charge in [-0.1, -0.05) is 25.0 Å². The zero-order valence-corrected chi connectivity index (χ0v) is 26.0. The van der Waals surface area contributed by atoms with Crippen molar-refractivity contribution in [2.75, 3.05) is 39.3 Å². The fraction of sp³-hybridized carbons (Fsp3) is 0.355. The molecule has 5 rings (SSSR count). The van der Waals surface area contributed by atoms with Crippen molar-refractivity contribution in [1.29, 1.82) is 0 Å². The van der Waals surface area contributed by atoms with Crippen LogP contribution in [0.15, 0.2) is 79.1 Å². The average Bonchev–Trinajstić information content (AvgIpc) is 2.99. The Kier molecular flexibility index (Phi) is 15.5. The van der Waals surface area contributed by atoms with Crippen molar-refractivity contribution in [3.63, 3.8) is 0 Å². The molecule has 42 heavy (non-hydrogen) atoms. The fourth-order valence-corrected chi connectivity index (χ4v) is 4.84. The van der Waals surface area contributed by atoms with Gasteiger partial charge in [-0.3, -0.25) is 14.9 Å². The average molecular weight is 634 g/mol. The highest BCUT2D eigenvalue weighted by molar-refractivity contribution is 5.86. The van der Waals surface area contributed by atoms with Gasteiger partial charge in [-0.2, -0.15) is 0 Å². The molecule has 4 aromatic rings. The van der Waals surface area contributed by atoms with Gasteiger partial charge < -0.3 is 14.7 Å². The van der Waals surface area contributed by atoms with Crippen molar-refractivity contribution in [3.8, 4) is 34.3 Å². The number of piperazine rings is 1. The second-order valence-corrected chi connectivity index (χ2v) is 9.91. The van der Waals surface area contributed by atoms with E-state index in [4.69, 9.17) is 4.74 Å². The van der Waals surface area contributed by atoms with Crippen LogP contribution < -0.4 is 4.74 Å². The minimum absolute atomic E-state index is 0. The van der Waals surface area contributed by atoms with Crippen LogP contribution in [0.25, 0.3) is 22.8 Å². The smallest absolute Gasteiger partial charge is 0.119 e. The lowest BCUT2D eigenvalue weighted by Crippen LogP contribution is -2.46. The maximum Gasteiger partial charge on any atom is 0.119 e. The molecule has 1 aliphatic rings. The predicted octanol–water partition coefficient (Wildman–Crippen LogP) is 6.33. The lowest BCUT2D eigenvalue weighted by atomic mass is 10.1. The highest BCUT2D eigenvalue weighted by Gasteiger charge is 2.20. The second kappa shape index (κ2) is 18.5. The minimum atomic E-state index is 0. The van der Waals surface area contributed by atoms with Gasteiger partial charge in [0.25, 0.3) is 0 Å². The summed E-state index contributed by atoms with van der Waals surface area (Å²) >= 11 is 0. The number of hydrogen-bond donors (Lipinski definition) is 1. The Morgan fingerprint density at radius 2 is 1.31 bits per heavy atom. The van der Waals surface area contributed by atoms with Crippen molar-refractivity contribution in [1.82, 2.24) is 30.0 Å². The van der Waals surface area contributed by atoms with E-state index in [9.17, 15) is 5.11 Å². The maximum absolute atomic E-state index is 9.35. The van der Waals surface area contributed by atoms with Gasteiger partial charge in [0.05, 0.1) is 18.0 Å². The summed E-state index contributed by atoms with van der Waals surface area (Å²) < 4.78 is 5.74. The molecule has 1 aliphatic heterocycles. The van der Waals surface area contributed by atoms with E-state index in [1.165, 1.54) is 19.3 Å². The third kappa shape index (κ3) is 10.4. The number of unbranched alkanes of at least 4 members (excludes halogenated alkanes) is 3. The molecule has 4 heterocycles. The summed E-state index contributed by atoms with van der Waals surface area (Å²) in [6.45, 7) is 6.90. The van der Waals surface area contributed by atoms with Crippen LogP contribution in [0.2, 0.25) is 0 Å². The summed E-state index contributed by atoms with van der Waals surface area (Å²) in [6, 6.07) is 20.8. The number of phenols is 1. The first-order valence-corrected chi connectivity index (χ1v) is 13.8. The summed E-state index contributed by atoms with van der Waals surface area (Å²) in [7, 11) is 0. The quantitative estimate of drug-likeness (QED) is 0.181. The molecule has 0 amide bonds. The Bertz CT molecular complexity index is 1300. The SMILES string of the molecule is Cl.Cl.Cl.Oc1ccc(OCCCCCCN2CCN(Cc3cc(-c4ccccn4)nnc3-c3ccccn3)CC2)cc1. The van der Waals surface area contributed by atoms with Gasteiger partial charge in [0, 0.05) is 45.1 Å². The van der Waals surface area contributed by atoms with Crippen LogP contribution in [0.5, 0.6) is 11.5 Å². The van der Waals surface area contributed by atoms with Crippen molar-refractivity contribution in [3.05, 3.63) is 84.7 Å². The van der Waals surface area contributed by atoms with Gasteiger partial charge in [-0.05, 0) is 79.5 Å². The van der Waals surface area contributed by atoms with E-state index in [0.29, 0.717) is 0 Å². The molecule has 0 radical (unpaired) electrons. The molecule has 0 atom stereocenters. The molecular weight excluding hydrogens is 595 g/mol. The standard InChI is InChI=1S/C31H36N6O2.3ClH/c38-26-11-13-27(14-12-26)39-22-8-2-1-7-17-36-18-20-37(21-19-36)24-25-23-30(28-9-3-5-15-32-28)34-35-31(25)29-10-4-6-16-33-29;;;/h3-6,9-16,23,38H,1-2,7-8,17-22,24H2;3*1H. The molecule has 1 fully saturated rings. The van der Waals surface area contributed by atoms with E-state index >= 15 is 0 Å². The first-order valence-electron chi connectivity index (χ1n) is 13.8. The molecule has 11 heteroatoms. The van der Waals surface area contributed by atoms with Gasteiger partial charge in [-0.15, -0.1) is 47.4 Å². The van der Waals surface area contributed by atoms with Crippen LogP contribution in [0.1, 0.15) is 31.2 Å². The number of aromatic hydroxyl groups is 1. The van der Waals surface area contributed by atoms with Crippen LogP contribution >= 0.6 is 37.2 Å². The number of nitrogens with zero attached hydrogens (tertiary/aromatic N) is 6. The third-order valence-corrected chi connectivity index (χ3v) is 7.04. The minimum Gasteiger partial charge on any atom is -0.508 e. The summed E-state index contributed by atoms with van der Waals surface area (Å²) in [5.41, 5.74) is 4.44. The molecule has 8 nitrogen and oxygen atoms in total. The summed E-state index contributed by atoms with van der Waals surface area (Å²) in [5, 5.41) is 18.4. The van der Waals surface area contributed by atoms with Gasteiger partial charge in [0.2, 0.25) is 0 Å². The lowest BCUT2D eigenvalue weighted by molar-refractivity contribution is 0.125. The summed E-state index contributed by atoms with van der Waals surface area (Å²) in [4.78, 5) is 14.1. The number of halogens is 3. The topological polar surface area (TPSA) is 87.5 Å². The predicted molar refractivity (Wildman–Crippen MR) is 174 cm³/mol. The zero-order valence-electron chi connectivity index (χ0n) is 23.5. The van der Waals surface area contributed by atoms with Crippen LogP contribution in [0, 0.1) is 0 Å². The number of aromatic nitrogens is 4. The van der Waals surface area contributed by atoms with Crippen molar-refractivity contribution in [2.24, 2.45) is 0 Å². The number of phenolic OH excluding ortho intramolecular Hbond substituents is 1. The Morgan fingerprint density at radius 1 is 0.667 bits per heavy atom. The van der Waals surface area contributed by atoms with Crippen LogP contribution in [-0.4, -0.2) is 74.4 Å². The van der Waals surface area contributed by atoms with Crippen molar-refractivity contribution < 1.29 is 9.84 Å². The Hall–Kier alpha value is -3.01. The molecule has 0 spiro atoms. The summed E-state index contributed by atoms with van der Waals surface area (Å²) in [6.07, 6.45) is 8.23.